The number of rotatable bonds is 16. The molecule has 0 bridgehead atoms. The fourth-order valence-corrected chi connectivity index (χ4v) is 4.64. The lowest BCUT2D eigenvalue weighted by Gasteiger charge is -2.18. The zero-order valence-corrected chi connectivity index (χ0v) is 16.5. The Bertz CT molecular complexity index is 397. The molecule has 0 heterocycles. The van der Waals surface area contributed by atoms with E-state index in [1.54, 1.807) is 0 Å². The summed E-state index contributed by atoms with van der Waals surface area (Å²) in [6.07, 6.45) is 13.7. The Morgan fingerprint density at radius 3 is 1.50 bits per heavy atom. The van der Waals surface area contributed by atoms with Crippen molar-refractivity contribution in [2.45, 2.75) is 89.6 Å². The van der Waals surface area contributed by atoms with E-state index < -0.39 is 20.8 Å². The maximum absolute atomic E-state index is 11.5. The molecule has 0 amide bonds. The summed E-state index contributed by atoms with van der Waals surface area (Å²) in [6, 6.07) is 0. The van der Waals surface area contributed by atoms with E-state index in [4.69, 9.17) is 14.9 Å². The molecule has 0 saturated heterocycles. The third kappa shape index (κ3) is 12.6. The molecule has 0 aromatic heterocycles. The third-order valence-electron chi connectivity index (χ3n) is 3.87. The summed E-state index contributed by atoms with van der Waals surface area (Å²) >= 11 is 0. The van der Waals surface area contributed by atoms with Crippen molar-refractivity contribution in [1.29, 1.82) is 0 Å². The first-order valence-corrected chi connectivity index (χ1v) is 12.2. The molecule has 0 fully saturated rings. The van der Waals surface area contributed by atoms with E-state index in [0.29, 0.717) is 6.42 Å². The largest absolute Gasteiger partial charge is 0.370 e. The number of unbranched alkanes of at least 4 members (excludes halogenated alkanes) is 11. The maximum Gasteiger partial charge on any atom is 0.368 e. The summed E-state index contributed by atoms with van der Waals surface area (Å²) in [4.78, 5) is 26.6. The fourth-order valence-electron chi connectivity index (χ4n) is 2.40. The van der Waals surface area contributed by atoms with Crippen LogP contribution in [0.3, 0.4) is 0 Å². The van der Waals surface area contributed by atoms with Crippen LogP contribution in [0.2, 0.25) is 0 Å². The topological polar surface area (TPSA) is 124 Å². The lowest BCUT2D eigenvalue weighted by atomic mass is 10.1. The van der Waals surface area contributed by atoms with Crippen LogP contribution in [0, 0.1) is 0 Å². The first-order chi connectivity index (χ1) is 11.2. The van der Waals surface area contributed by atoms with Crippen molar-refractivity contribution in [2.75, 3.05) is 6.61 Å². The van der Waals surface area contributed by atoms with Gasteiger partial charge < -0.3 is 24.3 Å². The van der Waals surface area contributed by atoms with Crippen molar-refractivity contribution < 1.29 is 33.4 Å². The lowest BCUT2D eigenvalue weighted by Crippen LogP contribution is -2.10. The average Bonchev–Trinajstić information content (AvgIpc) is 2.50. The molecule has 2 atom stereocenters. The predicted molar refractivity (Wildman–Crippen MR) is 94.9 cm³/mol. The van der Waals surface area contributed by atoms with Gasteiger partial charge in [0.2, 0.25) is 0 Å². The highest BCUT2D eigenvalue weighted by molar-refractivity contribution is 7.70. The molecule has 0 saturated carbocycles. The summed E-state index contributed by atoms with van der Waals surface area (Å²) in [7, 11) is -9.74. The molecule has 146 valence electrons. The quantitative estimate of drug-likeness (QED) is 0.229. The van der Waals surface area contributed by atoms with Gasteiger partial charge in [-0.15, -0.1) is 0 Å². The van der Waals surface area contributed by atoms with Gasteiger partial charge >= 0.3 is 15.2 Å². The molecular formula is C15H34O7P2. The molecule has 0 aliphatic rings. The standard InChI is InChI=1S/C15H34O7P2/c1-2-3-4-5-6-7-8-9-10-11-12-13-14-22-24(20,21)15(16)23(17,18)19/h15-16H,2-14H2,1H3,(H,20,21)(H2,17,18,19). The van der Waals surface area contributed by atoms with Crippen LogP contribution in [-0.2, 0) is 13.7 Å². The Morgan fingerprint density at radius 1 is 0.750 bits per heavy atom. The van der Waals surface area contributed by atoms with Crippen molar-refractivity contribution in [2.24, 2.45) is 0 Å². The highest BCUT2D eigenvalue weighted by atomic mass is 31.2. The van der Waals surface area contributed by atoms with Crippen LogP contribution in [0.5, 0.6) is 0 Å². The van der Waals surface area contributed by atoms with Crippen molar-refractivity contribution in [3.05, 3.63) is 0 Å². The molecule has 4 N–H and O–H groups in total. The smallest absolute Gasteiger partial charge is 0.368 e. The molecule has 0 radical (unpaired) electrons. The van der Waals surface area contributed by atoms with Gasteiger partial charge in [0.25, 0.3) is 5.59 Å². The SMILES string of the molecule is CCCCCCCCCCCCCCOP(=O)(O)C(O)P(=O)(O)O. The van der Waals surface area contributed by atoms with E-state index in [1.165, 1.54) is 51.4 Å². The molecule has 2 unspecified atom stereocenters. The molecule has 0 aromatic carbocycles. The minimum absolute atomic E-state index is 0.0950. The number of hydrogen-bond acceptors (Lipinski definition) is 4. The van der Waals surface area contributed by atoms with Crippen LogP contribution < -0.4 is 0 Å². The number of aliphatic hydroxyl groups excluding tert-OH is 1. The van der Waals surface area contributed by atoms with E-state index in [0.717, 1.165) is 19.3 Å². The van der Waals surface area contributed by atoms with Gasteiger partial charge in [-0.1, -0.05) is 77.6 Å². The van der Waals surface area contributed by atoms with Gasteiger partial charge in [-0.25, -0.2) is 0 Å². The molecule has 0 spiro atoms. The maximum atomic E-state index is 11.5. The minimum atomic E-state index is -5.05. The van der Waals surface area contributed by atoms with E-state index >= 15 is 0 Å². The molecule has 7 nitrogen and oxygen atoms in total. The zero-order valence-electron chi connectivity index (χ0n) is 14.7. The second-order valence-corrected chi connectivity index (χ2v) is 10.2. The summed E-state index contributed by atoms with van der Waals surface area (Å²) in [5, 5.41) is 9.10. The van der Waals surface area contributed by atoms with Crippen molar-refractivity contribution in [3.8, 4) is 0 Å². The van der Waals surface area contributed by atoms with Crippen molar-refractivity contribution >= 4 is 15.2 Å². The Labute approximate surface area is 145 Å². The Morgan fingerprint density at radius 2 is 1.12 bits per heavy atom. The molecule has 24 heavy (non-hydrogen) atoms. The van der Waals surface area contributed by atoms with E-state index in [1.807, 2.05) is 0 Å². The zero-order chi connectivity index (χ0) is 18.5. The number of hydrogen-bond donors (Lipinski definition) is 4. The molecule has 0 aliphatic heterocycles. The fraction of sp³-hybridized carbons (Fsp3) is 1.00. The van der Waals surface area contributed by atoms with E-state index in [9.17, 15) is 14.0 Å². The van der Waals surface area contributed by atoms with Crippen LogP contribution in [-0.4, -0.2) is 32.0 Å². The highest BCUT2D eigenvalue weighted by Gasteiger charge is 2.44. The van der Waals surface area contributed by atoms with Gasteiger partial charge in [0.15, 0.2) is 0 Å². The molecule has 0 aliphatic carbocycles. The third-order valence-corrected chi connectivity index (χ3v) is 7.38. The second kappa shape index (κ2) is 13.5. The van der Waals surface area contributed by atoms with Gasteiger partial charge in [0, 0.05) is 0 Å². The summed E-state index contributed by atoms with van der Waals surface area (Å²) < 4.78 is 26.8. The molecule has 0 aromatic rings. The highest BCUT2D eigenvalue weighted by Crippen LogP contribution is 2.61. The first-order valence-electron chi connectivity index (χ1n) is 8.92. The average molecular weight is 388 g/mol. The van der Waals surface area contributed by atoms with Gasteiger partial charge in [-0.3, -0.25) is 9.13 Å². The Hall–Kier alpha value is 0.260. The van der Waals surface area contributed by atoms with Crippen molar-refractivity contribution in [3.63, 3.8) is 0 Å². The number of aliphatic hydroxyl groups is 1. The summed E-state index contributed by atoms with van der Waals surface area (Å²) in [5.41, 5.74) is -2.66. The normalized spacial score (nSPS) is 16.0. The Kier molecular flexibility index (Phi) is 13.6. The van der Waals surface area contributed by atoms with Gasteiger partial charge in [0.05, 0.1) is 6.61 Å². The van der Waals surface area contributed by atoms with Crippen LogP contribution in [0.25, 0.3) is 0 Å². The summed E-state index contributed by atoms with van der Waals surface area (Å²) in [5.74, 6) is 0. The molecule has 0 rings (SSSR count). The van der Waals surface area contributed by atoms with Gasteiger partial charge in [-0.05, 0) is 6.42 Å². The summed E-state index contributed by atoms with van der Waals surface area (Å²) in [6.45, 7) is 2.12. The molecule has 9 heteroatoms. The lowest BCUT2D eigenvalue weighted by molar-refractivity contribution is 0.186. The minimum Gasteiger partial charge on any atom is -0.370 e. The van der Waals surface area contributed by atoms with Crippen LogP contribution in [0.1, 0.15) is 84.0 Å². The Balaban J connectivity index is 3.48. The monoisotopic (exact) mass is 388 g/mol. The van der Waals surface area contributed by atoms with Crippen LogP contribution >= 0.6 is 15.2 Å². The van der Waals surface area contributed by atoms with Crippen LogP contribution in [0.4, 0.5) is 0 Å². The first kappa shape index (κ1) is 24.3. The van der Waals surface area contributed by atoms with Crippen molar-refractivity contribution in [1.82, 2.24) is 0 Å². The van der Waals surface area contributed by atoms with Gasteiger partial charge in [0.1, 0.15) is 0 Å². The van der Waals surface area contributed by atoms with Crippen LogP contribution in [0.15, 0.2) is 0 Å². The van der Waals surface area contributed by atoms with E-state index in [-0.39, 0.29) is 6.61 Å². The van der Waals surface area contributed by atoms with E-state index in [2.05, 4.69) is 11.4 Å². The second-order valence-electron chi connectivity index (χ2n) is 6.22. The molecular weight excluding hydrogens is 354 g/mol. The predicted octanol–water partition coefficient (Wildman–Crippen LogP) is 4.34. The van der Waals surface area contributed by atoms with Gasteiger partial charge in [-0.2, -0.15) is 0 Å².